The highest BCUT2D eigenvalue weighted by Crippen LogP contribution is 2.33. The number of likely N-dealkylation sites (tertiary alicyclic amines) is 1. The van der Waals surface area contributed by atoms with E-state index in [0.29, 0.717) is 36.6 Å². The van der Waals surface area contributed by atoms with Crippen LogP contribution < -0.4 is 9.62 Å². The molecule has 31 heavy (non-hydrogen) atoms. The van der Waals surface area contributed by atoms with Crippen molar-refractivity contribution in [2.75, 3.05) is 31.6 Å². The van der Waals surface area contributed by atoms with Gasteiger partial charge in [0, 0.05) is 35.9 Å². The molecule has 2 aliphatic heterocycles. The van der Waals surface area contributed by atoms with Gasteiger partial charge in [-0.2, -0.15) is 0 Å². The number of anilines is 1. The monoisotopic (exact) mass is 461 g/mol. The second-order valence-electron chi connectivity index (χ2n) is 7.84. The summed E-state index contributed by atoms with van der Waals surface area (Å²) in [7, 11) is -2.16. The molecule has 1 fully saturated rings. The Morgan fingerprint density at radius 1 is 1.10 bits per heavy atom. The van der Waals surface area contributed by atoms with Gasteiger partial charge in [-0.15, -0.1) is 0 Å². The van der Waals surface area contributed by atoms with E-state index < -0.39 is 10.0 Å². The van der Waals surface area contributed by atoms with Gasteiger partial charge in [-0.05, 0) is 74.3 Å². The minimum Gasteiger partial charge on any atom is -0.338 e. The fraction of sp³-hybridized carbons (Fsp3) is 0.364. The predicted octanol–water partition coefficient (Wildman–Crippen LogP) is 2.69. The van der Waals surface area contributed by atoms with Gasteiger partial charge >= 0.3 is 0 Å². The van der Waals surface area contributed by atoms with Gasteiger partial charge in [0.05, 0.1) is 10.8 Å². The third-order valence-electron chi connectivity index (χ3n) is 5.94. The van der Waals surface area contributed by atoms with Crippen LogP contribution in [0.3, 0.4) is 0 Å². The molecule has 1 unspecified atom stereocenters. The third-order valence-corrected chi connectivity index (χ3v) is 7.60. The molecule has 1 N–H and O–H groups in total. The predicted molar refractivity (Wildman–Crippen MR) is 119 cm³/mol. The van der Waals surface area contributed by atoms with Crippen molar-refractivity contribution in [1.82, 2.24) is 9.62 Å². The lowest BCUT2D eigenvalue weighted by atomic mass is 9.95. The summed E-state index contributed by atoms with van der Waals surface area (Å²) >= 11 is 5.91. The SMILES string of the molecule is CNS(=O)(=O)c1ccc2c(c1)CCN2C(=O)C1CCCN(C(=O)c2ccc(Cl)cc2)C1. The van der Waals surface area contributed by atoms with Crippen molar-refractivity contribution in [2.45, 2.75) is 24.2 Å². The van der Waals surface area contributed by atoms with E-state index in [2.05, 4.69) is 4.72 Å². The van der Waals surface area contributed by atoms with E-state index in [1.807, 2.05) is 0 Å². The van der Waals surface area contributed by atoms with Crippen LogP contribution in [0.1, 0.15) is 28.8 Å². The van der Waals surface area contributed by atoms with Crippen LogP contribution >= 0.6 is 11.6 Å². The fourth-order valence-electron chi connectivity index (χ4n) is 4.25. The summed E-state index contributed by atoms with van der Waals surface area (Å²) in [5, 5.41) is 0.571. The first-order valence-electron chi connectivity index (χ1n) is 10.2. The lowest BCUT2D eigenvalue weighted by Crippen LogP contribution is -2.46. The van der Waals surface area contributed by atoms with E-state index in [1.54, 1.807) is 46.2 Å². The first-order valence-corrected chi connectivity index (χ1v) is 12.1. The van der Waals surface area contributed by atoms with Gasteiger partial charge in [0.1, 0.15) is 0 Å². The number of fused-ring (bicyclic) bond motifs is 1. The van der Waals surface area contributed by atoms with Gasteiger partial charge in [0.25, 0.3) is 5.91 Å². The molecule has 4 rings (SSSR count). The molecule has 2 aromatic carbocycles. The Morgan fingerprint density at radius 3 is 2.55 bits per heavy atom. The second kappa shape index (κ2) is 8.61. The van der Waals surface area contributed by atoms with E-state index in [1.165, 1.54) is 13.1 Å². The summed E-state index contributed by atoms with van der Waals surface area (Å²) in [6.07, 6.45) is 2.09. The molecule has 0 saturated carbocycles. The summed E-state index contributed by atoms with van der Waals surface area (Å²) in [4.78, 5) is 29.8. The van der Waals surface area contributed by atoms with Crippen LogP contribution in [0.25, 0.3) is 0 Å². The van der Waals surface area contributed by atoms with Crippen molar-refractivity contribution >= 4 is 39.1 Å². The van der Waals surface area contributed by atoms with Crippen molar-refractivity contribution in [3.63, 3.8) is 0 Å². The van der Waals surface area contributed by atoms with E-state index in [9.17, 15) is 18.0 Å². The lowest BCUT2D eigenvalue weighted by molar-refractivity contribution is -0.123. The molecule has 0 radical (unpaired) electrons. The van der Waals surface area contributed by atoms with E-state index in [-0.39, 0.29) is 22.6 Å². The Hall–Kier alpha value is -2.42. The van der Waals surface area contributed by atoms with Crippen molar-refractivity contribution in [2.24, 2.45) is 5.92 Å². The smallest absolute Gasteiger partial charge is 0.253 e. The normalized spacial score (nSPS) is 18.7. The number of amides is 2. The van der Waals surface area contributed by atoms with Crippen LogP contribution in [0.2, 0.25) is 5.02 Å². The number of benzene rings is 2. The van der Waals surface area contributed by atoms with Crippen LogP contribution in [0.4, 0.5) is 5.69 Å². The van der Waals surface area contributed by atoms with Crippen molar-refractivity contribution < 1.29 is 18.0 Å². The summed E-state index contributed by atoms with van der Waals surface area (Å²) in [5.74, 6) is -0.397. The molecule has 0 bridgehead atoms. The highest BCUT2D eigenvalue weighted by Gasteiger charge is 2.35. The molecular formula is C22H24ClN3O4S. The first kappa shape index (κ1) is 21.8. The molecule has 0 aromatic heterocycles. The molecule has 0 spiro atoms. The average molecular weight is 462 g/mol. The molecule has 2 aromatic rings. The highest BCUT2D eigenvalue weighted by molar-refractivity contribution is 7.89. The standard InChI is InChI=1S/C22H24ClN3O4S/c1-24-31(29,30)19-8-9-20-16(13-19)10-12-26(20)22(28)17-3-2-11-25(14-17)21(27)15-4-6-18(23)7-5-15/h4-9,13,17,24H,2-3,10-12,14H2,1H3. The van der Waals surface area contributed by atoms with Gasteiger partial charge in [0.2, 0.25) is 15.9 Å². The minimum absolute atomic E-state index is 0.0171. The molecular weight excluding hydrogens is 438 g/mol. The van der Waals surface area contributed by atoms with Crippen LogP contribution in [0, 0.1) is 5.92 Å². The van der Waals surface area contributed by atoms with Gasteiger partial charge in [0.15, 0.2) is 0 Å². The topological polar surface area (TPSA) is 86.8 Å². The number of nitrogens with one attached hydrogen (secondary N) is 1. The Bertz CT molecular complexity index is 1120. The Balaban J connectivity index is 1.49. The molecule has 1 saturated heterocycles. The molecule has 9 heteroatoms. The summed E-state index contributed by atoms with van der Waals surface area (Å²) in [5.41, 5.74) is 2.15. The van der Waals surface area contributed by atoms with Gasteiger partial charge in [-0.3, -0.25) is 9.59 Å². The maximum Gasteiger partial charge on any atom is 0.253 e. The zero-order valence-corrected chi connectivity index (χ0v) is 18.7. The quantitative estimate of drug-likeness (QED) is 0.758. The van der Waals surface area contributed by atoms with Crippen LogP contribution in [0.5, 0.6) is 0 Å². The number of hydrogen-bond donors (Lipinski definition) is 1. The maximum atomic E-state index is 13.3. The Morgan fingerprint density at radius 2 is 1.84 bits per heavy atom. The molecule has 2 amide bonds. The van der Waals surface area contributed by atoms with Crippen molar-refractivity contribution in [1.29, 1.82) is 0 Å². The van der Waals surface area contributed by atoms with Gasteiger partial charge in [-0.1, -0.05) is 11.6 Å². The largest absolute Gasteiger partial charge is 0.338 e. The molecule has 2 heterocycles. The summed E-state index contributed by atoms with van der Waals surface area (Å²) < 4.78 is 26.4. The molecule has 164 valence electrons. The zero-order chi connectivity index (χ0) is 22.2. The third kappa shape index (κ3) is 4.33. The Kier molecular flexibility index (Phi) is 6.05. The molecule has 2 aliphatic rings. The first-order chi connectivity index (χ1) is 14.8. The number of carbonyl (C=O) groups is 2. The van der Waals surface area contributed by atoms with Gasteiger partial charge < -0.3 is 9.80 Å². The number of sulfonamides is 1. The van der Waals surface area contributed by atoms with E-state index >= 15 is 0 Å². The molecule has 7 nitrogen and oxygen atoms in total. The number of rotatable bonds is 4. The average Bonchev–Trinajstić information content (AvgIpc) is 3.22. The van der Waals surface area contributed by atoms with E-state index in [0.717, 1.165) is 24.1 Å². The minimum atomic E-state index is -3.53. The van der Waals surface area contributed by atoms with Crippen molar-refractivity contribution in [3.8, 4) is 0 Å². The number of nitrogens with zero attached hydrogens (tertiary/aromatic N) is 2. The van der Waals surface area contributed by atoms with Gasteiger partial charge in [-0.25, -0.2) is 13.1 Å². The van der Waals surface area contributed by atoms with Crippen molar-refractivity contribution in [3.05, 3.63) is 58.6 Å². The number of piperidine rings is 1. The van der Waals surface area contributed by atoms with E-state index in [4.69, 9.17) is 11.6 Å². The van der Waals surface area contributed by atoms with Crippen LogP contribution in [-0.2, 0) is 21.2 Å². The van der Waals surface area contributed by atoms with Crippen LogP contribution in [-0.4, -0.2) is 51.8 Å². The highest BCUT2D eigenvalue weighted by atomic mass is 35.5. The lowest BCUT2D eigenvalue weighted by Gasteiger charge is -2.34. The Labute approximate surface area is 187 Å². The number of hydrogen-bond acceptors (Lipinski definition) is 4. The second-order valence-corrected chi connectivity index (χ2v) is 10.2. The number of halogens is 1. The number of carbonyl (C=O) groups excluding carboxylic acids is 2. The molecule has 0 aliphatic carbocycles. The summed E-state index contributed by atoms with van der Waals surface area (Å²) in [6, 6.07) is 11.6. The van der Waals surface area contributed by atoms with Crippen LogP contribution in [0.15, 0.2) is 47.4 Å². The zero-order valence-electron chi connectivity index (χ0n) is 17.2. The maximum absolute atomic E-state index is 13.3. The fourth-order valence-corrected chi connectivity index (χ4v) is 5.16. The summed E-state index contributed by atoms with van der Waals surface area (Å²) in [6.45, 7) is 1.50. The molecule has 1 atom stereocenters.